The first kappa shape index (κ1) is 16.0. The Balaban J connectivity index is 0. The van der Waals surface area contributed by atoms with E-state index in [2.05, 4.69) is 0 Å². The normalized spacial score (nSPS) is 13.4. The highest BCUT2D eigenvalue weighted by atomic mass is 35.5. The molecule has 0 bridgehead atoms. The Morgan fingerprint density at radius 2 is 1.86 bits per heavy atom. The number of halogens is 3. The molecule has 1 atom stereocenters. The lowest BCUT2D eigenvalue weighted by atomic mass is 10.1. The van der Waals surface area contributed by atoms with Crippen LogP contribution in [0.4, 0.5) is 8.78 Å². The number of esters is 1. The summed E-state index contributed by atoms with van der Waals surface area (Å²) in [5, 5.41) is 0. The van der Waals surface area contributed by atoms with Gasteiger partial charge in [-0.15, -0.1) is 12.4 Å². The van der Waals surface area contributed by atoms with Crippen molar-refractivity contribution in [2.75, 3.05) is 0 Å². The summed E-state index contributed by atoms with van der Waals surface area (Å²) in [7, 11) is 0. The number of nitrogens with two attached hydrogens (primary N) is 1. The predicted molar refractivity (Wildman–Crippen MR) is 51.7 cm³/mol. The zero-order chi connectivity index (χ0) is 10.6. The number of hydrogen-bond donors (Lipinski definition) is 1. The second-order valence-electron chi connectivity index (χ2n) is 3.77. The molecule has 0 aliphatic carbocycles. The molecule has 0 saturated heterocycles. The van der Waals surface area contributed by atoms with Crippen molar-refractivity contribution in [3.8, 4) is 0 Å². The van der Waals surface area contributed by atoms with Gasteiger partial charge in [-0.1, -0.05) is 0 Å². The highest BCUT2D eigenvalue weighted by molar-refractivity contribution is 5.85. The second-order valence-corrected chi connectivity index (χ2v) is 3.77. The lowest BCUT2D eigenvalue weighted by Gasteiger charge is -2.21. The molecule has 0 amide bonds. The first-order valence-electron chi connectivity index (χ1n) is 3.99. The molecule has 14 heavy (non-hydrogen) atoms. The van der Waals surface area contributed by atoms with Crippen molar-refractivity contribution in [2.24, 2.45) is 5.73 Å². The lowest BCUT2D eigenvalue weighted by molar-refractivity contribution is -0.157. The highest BCUT2D eigenvalue weighted by Gasteiger charge is 2.24. The van der Waals surface area contributed by atoms with Crippen LogP contribution in [0.1, 0.15) is 27.2 Å². The zero-order valence-corrected chi connectivity index (χ0v) is 9.24. The van der Waals surface area contributed by atoms with Gasteiger partial charge in [0.1, 0.15) is 11.6 Å². The van der Waals surface area contributed by atoms with Crippen LogP contribution >= 0.6 is 12.4 Å². The summed E-state index contributed by atoms with van der Waals surface area (Å²) in [6.07, 6.45) is -3.24. The van der Waals surface area contributed by atoms with Crippen LogP contribution in [0, 0.1) is 0 Å². The molecule has 0 unspecified atom stereocenters. The smallest absolute Gasteiger partial charge is 0.323 e. The minimum absolute atomic E-state index is 0. The third kappa shape index (κ3) is 8.19. The fraction of sp³-hybridized carbons (Fsp3) is 0.875. The Kier molecular flexibility index (Phi) is 7.02. The van der Waals surface area contributed by atoms with E-state index < -0.39 is 30.5 Å². The summed E-state index contributed by atoms with van der Waals surface area (Å²) < 4.78 is 28.4. The van der Waals surface area contributed by atoms with E-state index in [0.717, 1.165) is 0 Å². The number of alkyl halides is 2. The van der Waals surface area contributed by atoms with Crippen LogP contribution in [0.5, 0.6) is 0 Å². The summed E-state index contributed by atoms with van der Waals surface area (Å²) in [5.74, 6) is -0.784. The van der Waals surface area contributed by atoms with Crippen molar-refractivity contribution in [3.05, 3.63) is 0 Å². The van der Waals surface area contributed by atoms with Crippen LogP contribution in [0.2, 0.25) is 0 Å². The van der Waals surface area contributed by atoms with Gasteiger partial charge in [-0.2, -0.15) is 0 Å². The van der Waals surface area contributed by atoms with E-state index in [1.54, 1.807) is 20.8 Å². The molecule has 0 spiro atoms. The van der Waals surface area contributed by atoms with Gasteiger partial charge in [-0.25, -0.2) is 8.78 Å². The topological polar surface area (TPSA) is 52.3 Å². The van der Waals surface area contributed by atoms with Crippen molar-refractivity contribution in [1.29, 1.82) is 0 Å². The molecule has 0 rings (SSSR count). The van der Waals surface area contributed by atoms with Gasteiger partial charge in [-0.05, 0) is 20.8 Å². The Hall–Kier alpha value is -0.420. The predicted octanol–water partition coefficient (Wildman–Crippen LogP) is 1.73. The number of hydrogen-bond acceptors (Lipinski definition) is 3. The first-order chi connectivity index (χ1) is 5.72. The van der Waals surface area contributed by atoms with Crippen LogP contribution in [-0.4, -0.2) is 24.0 Å². The Labute approximate surface area is 88.4 Å². The maximum Gasteiger partial charge on any atom is 0.323 e. The average molecular weight is 232 g/mol. The lowest BCUT2D eigenvalue weighted by Crippen LogP contribution is -2.38. The third-order valence-corrected chi connectivity index (χ3v) is 1.14. The van der Waals surface area contributed by atoms with E-state index in [9.17, 15) is 13.6 Å². The zero-order valence-electron chi connectivity index (χ0n) is 8.42. The van der Waals surface area contributed by atoms with Crippen molar-refractivity contribution < 1.29 is 18.3 Å². The fourth-order valence-corrected chi connectivity index (χ4v) is 0.666. The monoisotopic (exact) mass is 231 g/mol. The van der Waals surface area contributed by atoms with Crippen LogP contribution in [-0.2, 0) is 9.53 Å². The largest absolute Gasteiger partial charge is 0.459 e. The second kappa shape index (κ2) is 6.14. The summed E-state index contributed by atoms with van der Waals surface area (Å²) in [6, 6.07) is -1.24. The molecule has 3 nitrogen and oxygen atoms in total. The third-order valence-electron chi connectivity index (χ3n) is 1.14. The quantitative estimate of drug-likeness (QED) is 0.753. The van der Waals surface area contributed by atoms with E-state index in [1.165, 1.54) is 0 Å². The van der Waals surface area contributed by atoms with Crippen molar-refractivity contribution in [2.45, 2.75) is 45.3 Å². The number of ether oxygens (including phenoxy) is 1. The van der Waals surface area contributed by atoms with Gasteiger partial charge in [0.05, 0.1) is 0 Å². The molecular weight excluding hydrogens is 216 g/mol. The number of rotatable bonds is 3. The summed E-state index contributed by atoms with van der Waals surface area (Å²) in [5.41, 5.74) is 4.49. The van der Waals surface area contributed by atoms with E-state index in [4.69, 9.17) is 10.5 Å². The fourth-order valence-electron chi connectivity index (χ4n) is 0.666. The minimum atomic E-state index is -2.58. The maximum absolute atomic E-state index is 11.8. The highest BCUT2D eigenvalue weighted by Crippen LogP contribution is 2.10. The average Bonchev–Trinajstić information content (AvgIpc) is 1.81. The first-order valence-corrected chi connectivity index (χ1v) is 3.99. The molecule has 0 heterocycles. The molecule has 0 aromatic heterocycles. The summed E-state index contributed by atoms with van der Waals surface area (Å²) in [6.45, 7) is 4.96. The number of carbonyl (C=O) groups is 1. The molecule has 0 aliphatic rings. The van der Waals surface area contributed by atoms with E-state index >= 15 is 0 Å². The van der Waals surface area contributed by atoms with E-state index in [0.29, 0.717) is 0 Å². The SMILES string of the molecule is CC(C)(C)OC(=O)[C@@H](N)CC(F)F.Cl. The summed E-state index contributed by atoms with van der Waals surface area (Å²) in [4.78, 5) is 11.0. The van der Waals surface area contributed by atoms with Gasteiger partial charge in [-0.3, -0.25) is 4.79 Å². The van der Waals surface area contributed by atoms with Crippen LogP contribution in [0.3, 0.4) is 0 Å². The Morgan fingerprint density at radius 3 is 2.14 bits per heavy atom. The maximum atomic E-state index is 11.8. The summed E-state index contributed by atoms with van der Waals surface area (Å²) >= 11 is 0. The molecule has 0 radical (unpaired) electrons. The molecule has 6 heteroatoms. The van der Waals surface area contributed by atoms with Gasteiger partial charge in [0, 0.05) is 6.42 Å². The Morgan fingerprint density at radius 1 is 1.43 bits per heavy atom. The molecule has 0 saturated carbocycles. The van der Waals surface area contributed by atoms with Gasteiger partial charge in [0.2, 0.25) is 6.43 Å². The molecule has 0 aromatic carbocycles. The van der Waals surface area contributed by atoms with Gasteiger partial charge in [0.15, 0.2) is 0 Å². The standard InChI is InChI=1S/C8H15F2NO2.ClH/c1-8(2,3)13-7(12)5(11)4-6(9)10;/h5-6H,4,11H2,1-3H3;1H/t5-;/m0./s1. The van der Waals surface area contributed by atoms with Gasteiger partial charge >= 0.3 is 5.97 Å². The van der Waals surface area contributed by atoms with Gasteiger partial charge < -0.3 is 10.5 Å². The molecule has 0 aliphatic heterocycles. The van der Waals surface area contributed by atoms with E-state index in [-0.39, 0.29) is 12.4 Å². The van der Waals surface area contributed by atoms with Crippen LogP contribution < -0.4 is 5.73 Å². The van der Waals surface area contributed by atoms with Crippen LogP contribution in [0.25, 0.3) is 0 Å². The molecular formula is C8H16ClF2NO2. The Bertz CT molecular complexity index is 183. The van der Waals surface area contributed by atoms with Crippen molar-refractivity contribution >= 4 is 18.4 Å². The van der Waals surface area contributed by atoms with Crippen LogP contribution in [0.15, 0.2) is 0 Å². The molecule has 0 aromatic rings. The minimum Gasteiger partial charge on any atom is -0.459 e. The van der Waals surface area contributed by atoms with Crippen molar-refractivity contribution in [1.82, 2.24) is 0 Å². The molecule has 86 valence electrons. The van der Waals surface area contributed by atoms with E-state index in [1.807, 2.05) is 0 Å². The number of carbonyl (C=O) groups excluding carboxylic acids is 1. The van der Waals surface area contributed by atoms with Gasteiger partial charge in [0.25, 0.3) is 0 Å². The molecule has 2 N–H and O–H groups in total. The van der Waals surface area contributed by atoms with Crippen molar-refractivity contribution in [3.63, 3.8) is 0 Å². The molecule has 0 fully saturated rings.